The number of amides is 1. The van der Waals surface area contributed by atoms with Crippen LogP contribution in [0.2, 0.25) is 0 Å². The molecule has 0 aliphatic carbocycles. The molecule has 4 rings (SSSR count). The zero-order valence-electron chi connectivity index (χ0n) is 12.1. The molecule has 1 aromatic carbocycles. The van der Waals surface area contributed by atoms with E-state index in [4.69, 9.17) is 0 Å². The van der Waals surface area contributed by atoms with Crippen molar-refractivity contribution in [1.82, 2.24) is 19.9 Å². The van der Waals surface area contributed by atoms with E-state index in [-0.39, 0.29) is 11.9 Å². The molecule has 22 heavy (non-hydrogen) atoms. The van der Waals surface area contributed by atoms with Gasteiger partial charge in [0, 0.05) is 36.1 Å². The highest BCUT2D eigenvalue weighted by atomic mass is 16.2. The van der Waals surface area contributed by atoms with Gasteiger partial charge >= 0.3 is 0 Å². The molecule has 5 heteroatoms. The third-order valence-electron chi connectivity index (χ3n) is 4.12. The molecule has 0 bridgehead atoms. The molecule has 1 aliphatic rings. The average Bonchev–Trinajstić information content (AvgIpc) is 3.04. The Hall–Kier alpha value is -2.69. The smallest absolute Gasteiger partial charge is 0.243 e. The SMILES string of the molecule is O=C1NCCCC1n1ccnc1-c1ccc2cccnc2c1. The van der Waals surface area contributed by atoms with Gasteiger partial charge in [0.1, 0.15) is 11.9 Å². The Morgan fingerprint density at radius 2 is 2.14 bits per heavy atom. The lowest BCUT2D eigenvalue weighted by atomic mass is 10.1. The maximum Gasteiger partial charge on any atom is 0.243 e. The van der Waals surface area contributed by atoms with Crippen LogP contribution in [0.25, 0.3) is 22.3 Å². The third-order valence-corrected chi connectivity index (χ3v) is 4.12. The molecule has 0 saturated carbocycles. The van der Waals surface area contributed by atoms with Gasteiger partial charge in [-0.2, -0.15) is 0 Å². The van der Waals surface area contributed by atoms with Gasteiger partial charge in [0.15, 0.2) is 0 Å². The number of aromatic nitrogens is 3. The van der Waals surface area contributed by atoms with Crippen molar-refractivity contribution in [2.75, 3.05) is 6.54 Å². The van der Waals surface area contributed by atoms with Crippen LogP contribution in [0.1, 0.15) is 18.9 Å². The topological polar surface area (TPSA) is 59.8 Å². The van der Waals surface area contributed by atoms with Crippen LogP contribution in [-0.2, 0) is 4.79 Å². The maximum atomic E-state index is 12.1. The fourth-order valence-corrected chi connectivity index (χ4v) is 3.01. The van der Waals surface area contributed by atoms with Crippen molar-refractivity contribution in [2.24, 2.45) is 0 Å². The van der Waals surface area contributed by atoms with Crippen molar-refractivity contribution >= 4 is 16.8 Å². The van der Waals surface area contributed by atoms with Gasteiger partial charge in [-0.15, -0.1) is 0 Å². The number of hydrogen-bond donors (Lipinski definition) is 1. The third kappa shape index (κ3) is 2.15. The molecule has 1 unspecified atom stereocenters. The van der Waals surface area contributed by atoms with E-state index in [9.17, 15) is 4.79 Å². The molecule has 1 atom stereocenters. The van der Waals surface area contributed by atoms with Crippen LogP contribution in [0, 0.1) is 0 Å². The Balaban J connectivity index is 1.79. The van der Waals surface area contributed by atoms with Crippen LogP contribution in [0.5, 0.6) is 0 Å². The molecule has 3 heterocycles. The fraction of sp³-hybridized carbons (Fsp3) is 0.235. The van der Waals surface area contributed by atoms with E-state index in [2.05, 4.69) is 15.3 Å². The zero-order chi connectivity index (χ0) is 14.9. The van der Waals surface area contributed by atoms with E-state index < -0.39 is 0 Å². The minimum atomic E-state index is -0.175. The number of nitrogens with zero attached hydrogens (tertiary/aromatic N) is 3. The van der Waals surface area contributed by atoms with Gasteiger partial charge in [0.05, 0.1) is 5.52 Å². The van der Waals surface area contributed by atoms with Gasteiger partial charge < -0.3 is 9.88 Å². The number of rotatable bonds is 2. The molecule has 0 spiro atoms. The first-order chi connectivity index (χ1) is 10.8. The molecule has 110 valence electrons. The quantitative estimate of drug-likeness (QED) is 0.789. The van der Waals surface area contributed by atoms with Gasteiger partial charge in [-0.25, -0.2) is 4.98 Å². The van der Waals surface area contributed by atoms with Gasteiger partial charge in [0.25, 0.3) is 0 Å². The number of pyridine rings is 1. The maximum absolute atomic E-state index is 12.1. The van der Waals surface area contributed by atoms with E-state index in [1.54, 1.807) is 12.4 Å². The first-order valence-corrected chi connectivity index (χ1v) is 7.48. The first-order valence-electron chi connectivity index (χ1n) is 7.48. The Bertz CT molecular complexity index is 839. The van der Waals surface area contributed by atoms with Crippen molar-refractivity contribution in [1.29, 1.82) is 0 Å². The molecule has 3 aromatic rings. The number of hydrogen-bond acceptors (Lipinski definition) is 3. The predicted octanol–water partition coefficient (Wildman–Crippen LogP) is 2.55. The zero-order valence-corrected chi connectivity index (χ0v) is 12.1. The van der Waals surface area contributed by atoms with E-state index in [1.807, 2.05) is 41.1 Å². The highest BCUT2D eigenvalue weighted by Crippen LogP contribution is 2.27. The lowest BCUT2D eigenvalue weighted by molar-refractivity contribution is -0.125. The minimum Gasteiger partial charge on any atom is -0.354 e. The molecule has 1 N–H and O–H groups in total. The van der Waals surface area contributed by atoms with Gasteiger partial charge in [-0.1, -0.05) is 18.2 Å². The van der Waals surface area contributed by atoms with E-state index >= 15 is 0 Å². The molecule has 1 aliphatic heterocycles. The van der Waals surface area contributed by atoms with Crippen LogP contribution < -0.4 is 5.32 Å². The number of carbonyl (C=O) groups is 1. The highest BCUT2D eigenvalue weighted by molar-refractivity contribution is 5.84. The first kappa shape index (κ1) is 13.0. The lowest BCUT2D eigenvalue weighted by Crippen LogP contribution is -2.37. The van der Waals surface area contributed by atoms with Crippen molar-refractivity contribution in [3.8, 4) is 11.4 Å². The minimum absolute atomic E-state index is 0.0735. The van der Waals surface area contributed by atoms with Crippen LogP contribution >= 0.6 is 0 Å². The summed E-state index contributed by atoms with van der Waals surface area (Å²) >= 11 is 0. The summed E-state index contributed by atoms with van der Waals surface area (Å²) in [6.07, 6.45) is 7.26. The van der Waals surface area contributed by atoms with E-state index in [0.717, 1.165) is 41.7 Å². The van der Waals surface area contributed by atoms with Crippen molar-refractivity contribution in [2.45, 2.75) is 18.9 Å². The van der Waals surface area contributed by atoms with Gasteiger partial charge in [-0.05, 0) is 25.0 Å². The number of piperidine rings is 1. The Kier molecular flexibility index (Phi) is 3.11. The molecular formula is C17H16N4O. The molecule has 2 aromatic heterocycles. The summed E-state index contributed by atoms with van der Waals surface area (Å²) < 4.78 is 1.97. The summed E-state index contributed by atoms with van der Waals surface area (Å²) in [5.41, 5.74) is 1.91. The Labute approximate surface area is 128 Å². The van der Waals surface area contributed by atoms with Crippen LogP contribution in [-0.4, -0.2) is 27.0 Å². The lowest BCUT2D eigenvalue weighted by Gasteiger charge is -2.24. The van der Waals surface area contributed by atoms with E-state index in [0.29, 0.717) is 0 Å². The summed E-state index contributed by atoms with van der Waals surface area (Å²) in [7, 11) is 0. The molecule has 5 nitrogen and oxygen atoms in total. The largest absolute Gasteiger partial charge is 0.354 e. The van der Waals surface area contributed by atoms with Crippen molar-refractivity contribution in [3.63, 3.8) is 0 Å². The normalized spacial score (nSPS) is 18.4. The average molecular weight is 292 g/mol. The fourth-order valence-electron chi connectivity index (χ4n) is 3.01. The number of imidazole rings is 1. The number of nitrogens with one attached hydrogen (secondary N) is 1. The summed E-state index contributed by atoms with van der Waals surface area (Å²) in [4.78, 5) is 21.0. The second kappa shape index (κ2) is 5.26. The summed E-state index contributed by atoms with van der Waals surface area (Å²) in [5.74, 6) is 0.888. The standard InChI is InChI=1S/C17H16N4O/c22-17-15(4-2-8-20-17)21-10-9-19-16(21)13-6-5-12-3-1-7-18-14(12)11-13/h1,3,5-7,9-11,15H,2,4,8H2,(H,20,22). The van der Waals surface area contributed by atoms with Gasteiger partial charge in [-0.3, -0.25) is 9.78 Å². The van der Waals surface area contributed by atoms with Crippen LogP contribution in [0.3, 0.4) is 0 Å². The van der Waals surface area contributed by atoms with Crippen molar-refractivity contribution in [3.05, 3.63) is 48.9 Å². The molecule has 1 fully saturated rings. The molecule has 1 saturated heterocycles. The monoisotopic (exact) mass is 292 g/mol. The van der Waals surface area contributed by atoms with Crippen molar-refractivity contribution < 1.29 is 4.79 Å². The second-order valence-electron chi connectivity index (χ2n) is 5.52. The van der Waals surface area contributed by atoms with Gasteiger partial charge in [0.2, 0.25) is 5.91 Å². The van der Waals surface area contributed by atoms with Crippen LogP contribution in [0.15, 0.2) is 48.9 Å². The number of fused-ring (bicyclic) bond motifs is 1. The molecule has 0 radical (unpaired) electrons. The summed E-state index contributed by atoms with van der Waals surface area (Å²) in [6.45, 7) is 0.763. The summed E-state index contributed by atoms with van der Waals surface area (Å²) in [5, 5.41) is 4.03. The summed E-state index contributed by atoms with van der Waals surface area (Å²) in [6, 6.07) is 9.88. The molecular weight excluding hydrogens is 276 g/mol. The Morgan fingerprint density at radius 1 is 1.18 bits per heavy atom. The predicted molar refractivity (Wildman–Crippen MR) is 84.2 cm³/mol. The highest BCUT2D eigenvalue weighted by Gasteiger charge is 2.25. The van der Waals surface area contributed by atoms with E-state index in [1.165, 1.54) is 0 Å². The number of benzene rings is 1. The molecule has 1 amide bonds. The van der Waals surface area contributed by atoms with Crippen LogP contribution in [0.4, 0.5) is 0 Å². The second-order valence-corrected chi connectivity index (χ2v) is 5.52. The number of carbonyl (C=O) groups excluding carboxylic acids is 1. The Morgan fingerprint density at radius 3 is 3.05 bits per heavy atom.